The summed E-state index contributed by atoms with van der Waals surface area (Å²) in [6.45, 7) is 2.02. The molecule has 5 nitrogen and oxygen atoms in total. The van der Waals surface area contributed by atoms with Crippen molar-refractivity contribution in [2.45, 2.75) is 18.4 Å². The van der Waals surface area contributed by atoms with Crippen LogP contribution in [0.1, 0.15) is 12.8 Å². The maximum atomic E-state index is 10.9. The van der Waals surface area contributed by atoms with Crippen molar-refractivity contribution < 1.29 is 14.3 Å². The van der Waals surface area contributed by atoms with Gasteiger partial charge in [0.2, 0.25) is 0 Å². The van der Waals surface area contributed by atoms with E-state index in [0.29, 0.717) is 19.8 Å². The number of hydrogen-bond acceptors (Lipinski definition) is 4. The summed E-state index contributed by atoms with van der Waals surface area (Å²) in [5, 5.41) is 0. The van der Waals surface area contributed by atoms with Gasteiger partial charge in [-0.15, -0.1) is 0 Å². The molecule has 1 amide bonds. The summed E-state index contributed by atoms with van der Waals surface area (Å²) in [5.41, 5.74) is 4.90. The third-order valence-corrected chi connectivity index (χ3v) is 2.31. The first kappa shape index (κ1) is 7.82. The SMILES string of the molecule is O=C1NNCC2(CCOCC2)O1. The second-order valence-electron chi connectivity index (χ2n) is 3.16. The van der Waals surface area contributed by atoms with Crippen LogP contribution < -0.4 is 10.9 Å². The minimum absolute atomic E-state index is 0.319. The maximum absolute atomic E-state index is 10.9. The van der Waals surface area contributed by atoms with E-state index >= 15 is 0 Å². The molecule has 1 spiro atoms. The molecule has 0 bridgehead atoms. The van der Waals surface area contributed by atoms with Crippen molar-refractivity contribution in [2.24, 2.45) is 0 Å². The van der Waals surface area contributed by atoms with Gasteiger partial charge in [0.1, 0.15) is 5.60 Å². The van der Waals surface area contributed by atoms with Gasteiger partial charge in [-0.3, -0.25) is 5.43 Å². The molecule has 2 aliphatic rings. The molecular formula is C7H12N2O3. The van der Waals surface area contributed by atoms with E-state index in [9.17, 15) is 4.79 Å². The fraction of sp³-hybridized carbons (Fsp3) is 0.857. The highest BCUT2D eigenvalue weighted by molar-refractivity contribution is 5.67. The Hall–Kier alpha value is -0.810. The molecule has 0 radical (unpaired) electrons. The molecule has 5 heteroatoms. The van der Waals surface area contributed by atoms with Crippen LogP contribution in [-0.4, -0.2) is 31.5 Å². The smallest absolute Gasteiger partial charge is 0.422 e. The van der Waals surface area contributed by atoms with Crippen LogP contribution in [0.15, 0.2) is 0 Å². The van der Waals surface area contributed by atoms with Crippen molar-refractivity contribution >= 4 is 6.09 Å². The van der Waals surface area contributed by atoms with Gasteiger partial charge in [-0.1, -0.05) is 0 Å². The molecule has 2 saturated heterocycles. The van der Waals surface area contributed by atoms with Crippen LogP contribution in [0.4, 0.5) is 4.79 Å². The predicted molar refractivity (Wildman–Crippen MR) is 40.4 cm³/mol. The Morgan fingerprint density at radius 1 is 1.33 bits per heavy atom. The van der Waals surface area contributed by atoms with Crippen LogP contribution in [0.3, 0.4) is 0 Å². The van der Waals surface area contributed by atoms with Crippen molar-refractivity contribution in [3.8, 4) is 0 Å². The topological polar surface area (TPSA) is 59.6 Å². The molecule has 0 saturated carbocycles. The Bertz CT molecular complexity index is 184. The Labute approximate surface area is 70.4 Å². The van der Waals surface area contributed by atoms with Gasteiger partial charge in [-0.25, -0.2) is 10.2 Å². The van der Waals surface area contributed by atoms with Crippen molar-refractivity contribution in [1.29, 1.82) is 0 Å². The zero-order chi connectivity index (χ0) is 8.44. The van der Waals surface area contributed by atoms with Crippen molar-refractivity contribution in [2.75, 3.05) is 19.8 Å². The number of nitrogens with one attached hydrogen (secondary N) is 2. The number of carbonyl (C=O) groups is 1. The number of ether oxygens (including phenoxy) is 2. The van der Waals surface area contributed by atoms with Gasteiger partial charge in [0.05, 0.1) is 19.8 Å². The third kappa shape index (κ3) is 1.37. The predicted octanol–water partition coefficient (Wildman–Crippen LogP) is -0.220. The molecule has 0 aromatic rings. The normalized spacial score (nSPS) is 27.8. The summed E-state index contributed by atoms with van der Waals surface area (Å²) in [7, 11) is 0. The number of hydrazine groups is 1. The Morgan fingerprint density at radius 2 is 2.08 bits per heavy atom. The molecule has 0 aromatic carbocycles. The van der Waals surface area contributed by atoms with Gasteiger partial charge in [-0.2, -0.15) is 0 Å². The minimum Gasteiger partial charge on any atom is -0.440 e. The standard InChI is InChI=1S/C7H12N2O3/c10-6-9-8-5-7(12-6)1-3-11-4-2-7/h8H,1-5H2,(H,9,10). The summed E-state index contributed by atoms with van der Waals surface area (Å²) < 4.78 is 10.4. The summed E-state index contributed by atoms with van der Waals surface area (Å²) in [4.78, 5) is 10.9. The molecular weight excluding hydrogens is 160 g/mol. The van der Waals surface area contributed by atoms with Gasteiger partial charge in [0.15, 0.2) is 0 Å². The third-order valence-electron chi connectivity index (χ3n) is 2.31. The Kier molecular flexibility index (Phi) is 1.90. The van der Waals surface area contributed by atoms with Gasteiger partial charge in [-0.05, 0) is 0 Å². The van der Waals surface area contributed by atoms with Crippen LogP contribution >= 0.6 is 0 Å². The lowest BCUT2D eigenvalue weighted by Crippen LogP contribution is -2.59. The molecule has 2 fully saturated rings. The molecule has 0 aliphatic carbocycles. The van der Waals surface area contributed by atoms with E-state index in [1.807, 2.05) is 0 Å². The van der Waals surface area contributed by atoms with E-state index in [4.69, 9.17) is 9.47 Å². The molecule has 0 aromatic heterocycles. The summed E-state index contributed by atoms with van der Waals surface area (Å²) in [5.74, 6) is 0. The van der Waals surface area contributed by atoms with E-state index < -0.39 is 0 Å². The molecule has 12 heavy (non-hydrogen) atoms. The van der Waals surface area contributed by atoms with Gasteiger partial charge >= 0.3 is 6.09 Å². The van der Waals surface area contributed by atoms with E-state index in [-0.39, 0.29) is 11.7 Å². The highest BCUT2D eigenvalue weighted by Gasteiger charge is 2.38. The van der Waals surface area contributed by atoms with E-state index in [1.54, 1.807) is 0 Å². The average Bonchev–Trinajstić information content (AvgIpc) is 2.05. The summed E-state index contributed by atoms with van der Waals surface area (Å²) >= 11 is 0. The molecule has 0 atom stereocenters. The molecule has 2 aliphatic heterocycles. The van der Waals surface area contributed by atoms with Crippen LogP contribution in [0.5, 0.6) is 0 Å². The maximum Gasteiger partial charge on any atom is 0.422 e. The largest absolute Gasteiger partial charge is 0.440 e. The number of amides is 1. The minimum atomic E-state index is -0.386. The van der Waals surface area contributed by atoms with Gasteiger partial charge in [0.25, 0.3) is 0 Å². The first-order valence-corrected chi connectivity index (χ1v) is 4.10. The molecule has 2 heterocycles. The molecule has 0 unspecified atom stereocenters. The van der Waals surface area contributed by atoms with Crippen LogP contribution in [0.2, 0.25) is 0 Å². The van der Waals surface area contributed by atoms with Crippen molar-refractivity contribution in [3.63, 3.8) is 0 Å². The quantitative estimate of drug-likeness (QED) is 0.530. The average molecular weight is 172 g/mol. The first-order valence-electron chi connectivity index (χ1n) is 4.10. The number of hydrogen-bond donors (Lipinski definition) is 2. The van der Waals surface area contributed by atoms with Gasteiger partial charge in [0, 0.05) is 12.8 Å². The zero-order valence-electron chi connectivity index (χ0n) is 6.76. The molecule has 68 valence electrons. The Morgan fingerprint density at radius 3 is 2.75 bits per heavy atom. The lowest BCUT2D eigenvalue weighted by molar-refractivity contribution is -0.0844. The van der Waals surface area contributed by atoms with Crippen LogP contribution in [0, 0.1) is 0 Å². The van der Waals surface area contributed by atoms with Crippen molar-refractivity contribution in [1.82, 2.24) is 10.9 Å². The van der Waals surface area contributed by atoms with E-state index in [0.717, 1.165) is 12.8 Å². The zero-order valence-corrected chi connectivity index (χ0v) is 6.76. The van der Waals surface area contributed by atoms with E-state index in [2.05, 4.69) is 10.9 Å². The second-order valence-corrected chi connectivity index (χ2v) is 3.16. The number of carbonyl (C=O) groups excluding carboxylic acids is 1. The summed E-state index contributed by atoms with van der Waals surface area (Å²) in [6.07, 6.45) is 1.18. The highest BCUT2D eigenvalue weighted by atomic mass is 16.6. The highest BCUT2D eigenvalue weighted by Crippen LogP contribution is 2.25. The number of rotatable bonds is 0. The fourth-order valence-electron chi connectivity index (χ4n) is 1.56. The van der Waals surface area contributed by atoms with Crippen molar-refractivity contribution in [3.05, 3.63) is 0 Å². The Balaban J connectivity index is 2.02. The first-order chi connectivity index (χ1) is 5.81. The van der Waals surface area contributed by atoms with E-state index in [1.165, 1.54) is 0 Å². The van der Waals surface area contributed by atoms with Gasteiger partial charge < -0.3 is 9.47 Å². The second kappa shape index (κ2) is 2.91. The van der Waals surface area contributed by atoms with Crippen LogP contribution in [0.25, 0.3) is 0 Å². The fourth-order valence-corrected chi connectivity index (χ4v) is 1.56. The lowest BCUT2D eigenvalue weighted by atomic mass is 9.94. The summed E-state index contributed by atoms with van der Waals surface area (Å²) in [6, 6.07) is 0. The molecule has 2 rings (SSSR count). The lowest BCUT2D eigenvalue weighted by Gasteiger charge is -2.39. The monoisotopic (exact) mass is 172 g/mol. The van der Waals surface area contributed by atoms with Crippen LogP contribution in [-0.2, 0) is 9.47 Å². The molecule has 2 N–H and O–H groups in total.